The molecule has 4 aromatic rings. The number of anilines is 1. The molecule has 2 aliphatic rings. The molecule has 0 amide bonds. The Balaban J connectivity index is 1.32. The average Bonchev–Trinajstić information content (AvgIpc) is 3.38. The van der Waals surface area contributed by atoms with Crippen LogP contribution in [0.1, 0.15) is 54.5 Å². The van der Waals surface area contributed by atoms with E-state index < -0.39 is 6.04 Å². The number of fused-ring (bicyclic) bond motifs is 1. The highest BCUT2D eigenvalue weighted by Crippen LogP contribution is 2.43. The molecule has 0 spiro atoms. The number of carbonyl (C=O) groups excluding carboxylic acids is 1. The summed E-state index contributed by atoms with van der Waals surface area (Å²) in [6.45, 7) is 4.93. The van der Waals surface area contributed by atoms with E-state index in [1.54, 1.807) is 0 Å². The Labute approximate surface area is 248 Å². The van der Waals surface area contributed by atoms with Gasteiger partial charge in [0.1, 0.15) is 12.6 Å². The second-order valence-electron chi connectivity index (χ2n) is 10.2. The molecule has 2 heterocycles. The fraction of sp³-hybridized carbons (Fsp3) is 0.281. The first-order chi connectivity index (χ1) is 20.0. The summed E-state index contributed by atoms with van der Waals surface area (Å²) in [5, 5.41) is 9.61. The predicted octanol–water partition coefficient (Wildman–Crippen LogP) is 7.53. The standard InChI is InChI=1S/C32H31ClN4O3S/c1-3-39-28-17-22(15-16-27(28)40-18-21-13-11-20(2)12-14-21)30-29-25(9-6-10-26(29)38)34-31-35-32(36-37(30)31)41-19-23-7-4-5-8-24(23)33/h4-5,7-8,11-17,30H,3,6,9-10,18-19H2,1-2H3,(H,34,35,36). The highest BCUT2D eigenvalue weighted by molar-refractivity contribution is 7.98. The van der Waals surface area contributed by atoms with Crippen molar-refractivity contribution in [3.8, 4) is 11.5 Å². The van der Waals surface area contributed by atoms with Crippen LogP contribution >= 0.6 is 23.4 Å². The van der Waals surface area contributed by atoms with Gasteiger partial charge in [-0.3, -0.25) is 4.79 Å². The smallest absolute Gasteiger partial charge is 0.227 e. The van der Waals surface area contributed by atoms with Gasteiger partial charge in [-0.1, -0.05) is 77.5 Å². The second-order valence-corrected chi connectivity index (χ2v) is 11.5. The van der Waals surface area contributed by atoms with Crippen LogP contribution in [0.25, 0.3) is 0 Å². The number of halogens is 1. The number of rotatable bonds is 9. The van der Waals surface area contributed by atoms with Crippen LogP contribution in [0.4, 0.5) is 5.95 Å². The van der Waals surface area contributed by atoms with Crippen LogP contribution in [-0.2, 0) is 17.2 Å². The number of allylic oxidation sites excluding steroid dienone is 2. The molecule has 1 unspecified atom stereocenters. The maximum Gasteiger partial charge on any atom is 0.227 e. The number of hydrogen-bond donors (Lipinski definition) is 1. The fourth-order valence-electron chi connectivity index (χ4n) is 5.19. The lowest BCUT2D eigenvalue weighted by Crippen LogP contribution is -2.31. The average molecular weight is 587 g/mol. The van der Waals surface area contributed by atoms with Crippen molar-refractivity contribution >= 4 is 35.1 Å². The number of ether oxygens (including phenoxy) is 2. The van der Waals surface area contributed by atoms with Crippen molar-refractivity contribution in [2.45, 2.75) is 56.7 Å². The van der Waals surface area contributed by atoms with Gasteiger partial charge in [-0.15, -0.1) is 5.10 Å². The topological polar surface area (TPSA) is 78.3 Å². The van der Waals surface area contributed by atoms with E-state index >= 15 is 0 Å². The van der Waals surface area contributed by atoms with Gasteiger partial charge in [0, 0.05) is 28.5 Å². The number of carbonyl (C=O) groups is 1. The van der Waals surface area contributed by atoms with E-state index in [9.17, 15) is 4.79 Å². The quantitative estimate of drug-likeness (QED) is 0.203. The molecule has 0 radical (unpaired) electrons. The largest absolute Gasteiger partial charge is 0.490 e. The van der Waals surface area contributed by atoms with Crippen LogP contribution in [-0.4, -0.2) is 27.2 Å². The molecule has 1 aliphatic heterocycles. The van der Waals surface area contributed by atoms with Gasteiger partial charge in [-0.2, -0.15) is 4.98 Å². The first-order valence-corrected chi connectivity index (χ1v) is 15.2. The molecule has 0 bridgehead atoms. The molecule has 41 heavy (non-hydrogen) atoms. The molecule has 1 atom stereocenters. The minimum Gasteiger partial charge on any atom is -0.490 e. The van der Waals surface area contributed by atoms with Crippen molar-refractivity contribution in [2.24, 2.45) is 0 Å². The monoisotopic (exact) mass is 586 g/mol. The zero-order valence-corrected chi connectivity index (χ0v) is 24.6. The molecule has 1 aromatic heterocycles. The number of Topliss-reactive ketones (excluding diaryl/α,β-unsaturated/α-hetero) is 1. The van der Waals surface area contributed by atoms with E-state index in [1.165, 1.54) is 17.3 Å². The molecule has 0 saturated carbocycles. The lowest BCUT2D eigenvalue weighted by Gasteiger charge is -2.32. The van der Waals surface area contributed by atoms with Crippen LogP contribution in [0.3, 0.4) is 0 Å². The predicted molar refractivity (Wildman–Crippen MR) is 162 cm³/mol. The Hall–Kier alpha value is -3.75. The normalized spacial score (nSPS) is 16.2. The second kappa shape index (κ2) is 12.0. The molecule has 0 saturated heterocycles. The molecule has 0 fully saturated rings. The highest BCUT2D eigenvalue weighted by Gasteiger charge is 2.37. The summed E-state index contributed by atoms with van der Waals surface area (Å²) < 4.78 is 14.0. The van der Waals surface area contributed by atoms with E-state index in [2.05, 4.69) is 36.5 Å². The minimum absolute atomic E-state index is 0.132. The van der Waals surface area contributed by atoms with Crippen LogP contribution < -0.4 is 14.8 Å². The van der Waals surface area contributed by atoms with Gasteiger partial charge < -0.3 is 14.8 Å². The third-order valence-corrected chi connectivity index (χ3v) is 8.52. The van der Waals surface area contributed by atoms with Gasteiger partial charge >= 0.3 is 0 Å². The van der Waals surface area contributed by atoms with Crippen molar-refractivity contribution in [3.05, 3.63) is 105 Å². The van der Waals surface area contributed by atoms with Gasteiger partial charge in [0.2, 0.25) is 11.1 Å². The molecule has 1 aliphatic carbocycles. The molecule has 3 aromatic carbocycles. The highest BCUT2D eigenvalue weighted by atomic mass is 35.5. The number of benzene rings is 3. The van der Waals surface area contributed by atoms with Crippen LogP contribution in [0.15, 0.2) is 83.2 Å². The lowest BCUT2D eigenvalue weighted by molar-refractivity contribution is -0.116. The Kier molecular flexibility index (Phi) is 8.03. The summed E-state index contributed by atoms with van der Waals surface area (Å²) in [4.78, 5) is 18.1. The summed E-state index contributed by atoms with van der Waals surface area (Å²) >= 11 is 7.89. The van der Waals surface area contributed by atoms with E-state index in [-0.39, 0.29) is 5.78 Å². The summed E-state index contributed by atoms with van der Waals surface area (Å²) in [5.74, 6) is 2.69. The van der Waals surface area contributed by atoms with Crippen LogP contribution in [0.5, 0.6) is 11.5 Å². The van der Waals surface area contributed by atoms with Crippen molar-refractivity contribution in [3.63, 3.8) is 0 Å². The third-order valence-electron chi connectivity index (χ3n) is 7.26. The van der Waals surface area contributed by atoms with Gasteiger partial charge in [0.25, 0.3) is 0 Å². The molecular formula is C32H31ClN4O3S. The zero-order valence-electron chi connectivity index (χ0n) is 23.0. The Bertz CT molecular complexity index is 1620. The number of aryl methyl sites for hydroxylation is 1. The zero-order chi connectivity index (χ0) is 28.3. The van der Waals surface area contributed by atoms with Crippen molar-refractivity contribution in [1.29, 1.82) is 0 Å². The maximum absolute atomic E-state index is 13.3. The summed E-state index contributed by atoms with van der Waals surface area (Å²) in [7, 11) is 0. The van der Waals surface area contributed by atoms with E-state index in [4.69, 9.17) is 31.2 Å². The maximum atomic E-state index is 13.3. The third kappa shape index (κ3) is 5.85. The first kappa shape index (κ1) is 27.4. The number of thioether (sulfide) groups is 1. The van der Waals surface area contributed by atoms with Crippen molar-refractivity contribution in [1.82, 2.24) is 14.8 Å². The summed E-state index contributed by atoms with van der Waals surface area (Å²) in [6.07, 6.45) is 2.13. The van der Waals surface area contributed by atoms with E-state index in [0.29, 0.717) is 48.0 Å². The first-order valence-electron chi connectivity index (χ1n) is 13.8. The number of nitrogens with zero attached hydrogens (tertiary/aromatic N) is 3. The van der Waals surface area contributed by atoms with Gasteiger partial charge in [-0.05, 0) is 61.6 Å². The van der Waals surface area contributed by atoms with E-state index in [1.807, 2.05) is 54.1 Å². The minimum atomic E-state index is -0.415. The molecule has 210 valence electrons. The summed E-state index contributed by atoms with van der Waals surface area (Å²) in [6, 6.07) is 21.5. The van der Waals surface area contributed by atoms with Crippen LogP contribution in [0.2, 0.25) is 5.02 Å². The number of nitrogens with one attached hydrogen (secondary N) is 1. The van der Waals surface area contributed by atoms with Crippen LogP contribution in [0, 0.1) is 6.92 Å². The van der Waals surface area contributed by atoms with Crippen molar-refractivity contribution < 1.29 is 14.3 Å². The molecule has 7 nitrogen and oxygen atoms in total. The van der Waals surface area contributed by atoms with Crippen molar-refractivity contribution in [2.75, 3.05) is 11.9 Å². The lowest BCUT2D eigenvalue weighted by atomic mass is 9.85. The van der Waals surface area contributed by atoms with Gasteiger partial charge in [0.05, 0.1) is 6.61 Å². The summed E-state index contributed by atoms with van der Waals surface area (Å²) in [5.41, 5.74) is 5.87. The molecule has 9 heteroatoms. The Morgan fingerprint density at radius 2 is 1.88 bits per heavy atom. The molecular weight excluding hydrogens is 556 g/mol. The molecule has 1 N–H and O–H groups in total. The SMILES string of the molecule is CCOc1cc(C2C3=C(CCCC3=O)Nc3nc(SCc4ccccc4Cl)nn32)ccc1OCc1ccc(C)cc1. The molecule has 6 rings (SSSR count). The van der Waals surface area contributed by atoms with Gasteiger partial charge in [0.15, 0.2) is 17.3 Å². The Morgan fingerprint density at radius 1 is 1.05 bits per heavy atom. The van der Waals surface area contributed by atoms with Gasteiger partial charge in [-0.25, -0.2) is 4.68 Å². The number of hydrogen-bond acceptors (Lipinski definition) is 7. The number of aromatic nitrogens is 3. The Morgan fingerprint density at radius 3 is 2.68 bits per heavy atom. The number of ketones is 1. The van der Waals surface area contributed by atoms with E-state index in [0.717, 1.165) is 45.8 Å². The fourth-order valence-corrected chi connectivity index (χ4v) is 6.31.